The molecule has 17 nitrogen and oxygen atoms in total. The lowest BCUT2D eigenvalue weighted by Gasteiger charge is -2.42. The van der Waals surface area contributed by atoms with E-state index in [2.05, 4.69) is 4.72 Å². The Morgan fingerprint density at radius 2 is 1.61 bits per heavy atom. The van der Waals surface area contributed by atoms with Crippen LogP contribution in [-0.4, -0.2) is 152 Å². The zero-order valence-corrected chi connectivity index (χ0v) is 44.6. The van der Waals surface area contributed by atoms with Gasteiger partial charge < -0.3 is 43.9 Å². The molecule has 71 heavy (non-hydrogen) atoms. The first-order chi connectivity index (χ1) is 33.5. The maximum Gasteiger partial charge on any atom is 0.328 e. The number of aliphatic hydroxyl groups is 3. The van der Waals surface area contributed by atoms with Gasteiger partial charge in [0.25, 0.3) is 11.7 Å². The molecule has 4 N–H and O–H groups in total. The van der Waals surface area contributed by atoms with Crippen LogP contribution in [-0.2, 0) is 57.7 Å². The van der Waals surface area contributed by atoms with Gasteiger partial charge in [-0.15, -0.1) is 0 Å². The largest absolute Gasteiger partial charge is 0.460 e. The molecule has 1 amide bonds. The van der Waals surface area contributed by atoms with Gasteiger partial charge in [0, 0.05) is 58.1 Å². The van der Waals surface area contributed by atoms with Gasteiger partial charge in [0.1, 0.15) is 30.1 Å². The fourth-order valence-electron chi connectivity index (χ4n) is 9.75. The molecule has 4 aliphatic rings. The van der Waals surface area contributed by atoms with Crippen LogP contribution in [0.3, 0.4) is 0 Å². The first kappa shape index (κ1) is 60.1. The first-order valence-corrected chi connectivity index (χ1v) is 27.3. The second-order valence-electron chi connectivity index (χ2n) is 20.7. The number of fused-ring (bicyclic) bond motifs is 2. The molecule has 2 aliphatic heterocycles. The third kappa shape index (κ3) is 17.3. The SMILES string of the molecule is COC1C(=O)C(C)CC/C=C/C=C/C=C(\C)[C@@H](NS(=O)(=O)CCCO)C[C@H]2CC[C@H](C)[C@](O)(O2)C(=O)C(=O)N(C)C(C)C(=O)OC([C@H](C)C[C@@H]2CC[C@@H](OC3CC3)[C@H](OC)C2)CC(=O)C(C)/C=C(\C)C1O. The standard InChI is InChI=1S/C53H84N2O15S/c1-32-17-14-12-11-13-15-18-33(2)47(58)49(67-10)48(59)36(5)27-34(3)43(57)31-45(35(4)28-39-20-24-44(46(29-39)66-9)68-40-22-23-40)69-52(62)38(7)55(8)51(61)50(60)53(63)37(6)19-21-41(70-53)30-42(32)54-71(64,65)26-16-25-56/h11-14,17,27,33-35,37-42,44-46,48-49,54,56,59,63H,15-16,18-26,28-31H2,1-10H3/b13-11+,14-12+,32-17+,36-27+/t33?,34?,35-,37+,38?,39+,41-,42+,44-,45?,46-,48?,49?,53+/m1/s1. The lowest BCUT2D eigenvalue weighted by atomic mass is 9.78. The zero-order valence-electron chi connectivity index (χ0n) is 43.7. The molecule has 0 spiro atoms. The van der Waals surface area contributed by atoms with E-state index in [0.717, 1.165) is 30.6 Å². The van der Waals surface area contributed by atoms with Crippen molar-refractivity contribution in [1.29, 1.82) is 0 Å². The summed E-state index contributed by atoms with van der Waals surface area (Å²) in [4.78, 5) is 70.9. The summed E-state index contributed by atoms with van der Waals surface area (Å²) >= 11 is 0. The van der Waals surface area contributed by atoms with Crippen molar-refractivity contribution in [3.8, 4) is 0 Å². The minimum absolute atomic E-state index is 0.0000188. The van der Waals surface area contributed by atoms with Crippen LogP contribution in [0.1, 0.15) is 132 Å². The lowest BCUT2D eigenvalue weighted by molar-refractivity contribution is -0.263. The van der Waals surface area contributed by atoms with Gasteiger partial charge in [-0.3, -0.25) is 19.2 Å². The van der Waals surface area contributed by atoms with Crippen molar-refractivity contribution < 1.29 is 71.4 Å². The fraction of sp³-hybridized carbons (Fsp3) is 0.755. The highest BCUT2D eigenvalue weighted by Crippen LogP contribution is 2.39. The van der Waals surface area contributed by atoms with E-state index in [9.17, 15) is 47.7 Å². The molecule has 1 saturated heterocycles. The second kappa shape index (κ2) is 27.7. The Labute approximate surface area is 422 Å². The molecule has 6 unspecified atom stereocenters. The Morgan fingerprint density at radius 1 is 0.901 bits per heavy atom. The monoisotopic (exact) mass is 1020 g/mol. The van der Waals surface area contributed by atoms with Crippen LogP contribution in [0.2, 0.25) is 0 Å². The lowest BCUT2D eigenvalue weighted by Crippen LogP contribution is -2.59. The number of cyclic esters (lactones) is 1. The number of sulfonamides is 1. The number of ether oxygens (including phenoxy) is 5. The van der Waals surface area contributed by atoms with E-state index in [0.29, 0.717) is 43.3 Å². The minimum atomic E-state index is -3.91. The van der Waals surface area contributed by atoms with Gasteiger partial charge in [-0.1, -0.05) is 69.7 Å². The number of allylic oxidation sites excluding steroid dienone is 6. The van der Waals surface area contributed by atoms with Gasteiger partial charge in [0.05, 0.1) is 30.2 Å². The molecule has 0 aromatic rings. The fourth-order valence-corrected chi connectivity index (χ4v) is 11.1. The Bertz CT molecular complexity index is 2050. The number of nitrogens with zero attached hydrogens (tertiary/aromatic N) is 1. The maximum atomic E-state index is 14.1. The van der Waals surface area contributed by atoms with Crippen LogP contribution in [0.4, 0.5) is 0 Å². The average Bonchev–Trinajstić information content (AvgIpc) is 4.16. The summed E-state index contributed by atoms with van der Waals surface area (Å²) in [6.45, 7) is 11.3. The van der Waals surface area contributed by atoms with E-state index in [-0.39, 0.29) is 79.8 Å². The number of methoxy groups -OCH3 is 2. The van der Waals surface area contributed by atoms with Gasteiger partial charge in [-0.2, -0.15) is 0 Å². The summed E-state index contributed by atoms with van der Waals surface area (Å²) in [5, 5.41) is 32.7. The molecule has 2 saturated carbocycles. The highest BCUT2D eigenvalue weighted by molar-refractivity contribution is 7.89. The van der Waals surface area contributed by atoms with Crippen LogP contribution in [0.15, 0.2) is 47.6 Å². The van der Waals surface area contributed by atoms with E-state index < -0.39 is 87.7 Å². The molecule has 0 radical (unpaired) electrons. The van der Waals surface area contributed by atoms with Crippen LogP contribution in [0.25, 0.3) is 0 Å². The summed E-state index contributed by atoms with van der Waals surface area (Å²) in [5.74, 6) is -9.26. The smallest absolute Gasteiger partial charge is 0.328 e. The van der Waals surface area contributed by atoms with E-state index in [1.165, 1.54) is 21.1 Å². The highest BCUT2D eigenvalue weighted by atomic mass is 32.2. The van der Waals surface area contributed by atoms with Crippen LogP contribution < -0.4 is 4.72 Å². The number of hydrogen-bond donors (Lipinski definition) is 4. The Kier molecular flexibility index (Phi) is 23.5. The van der Waals surface area contributed by atoms with E-state index in [1.807, 2.05) is 13.0 Å². The normalized spacial score (nSPS) is 37.3. The van der Waals surface area contributed by atoms with Crippen molar-refractivity contribution in [3.63, 3.8) is 0 Å². The minimum Gasteiger partial charge on any atom is -0.460 e. The molecule has 18 heteroatoms. The van der Waals surface area contributed by atoms with E-state index >= 15 is 0 Å². The number of hydrogen-bond acceptors (Lipinski definition) is 15. The zero-order chi connectivity index (χ0) is 52.8. The number of ketones is 3. The summed E-state index contributed by atoms with van der Waals surface area (Å²) in [5.41, 5.74) is 0.934. The molecular weight excluding hydrogens is 937 g/mol. The highest BCUT2D eigenvalue weighted by Gasteiger charge is 2.52. The van der Waals surface area contributed by atoms with Crippen molar-refractivity contribution in [2.75, 3.05) is 33.6 Å². The van der Waals surface area contributed by atoms with E-state index in [4.69, 9.17) is 23.7 Å². The third-order valence-corrected chi connectivity index (χ3v) is 16.4. The van der Waals surface area contributed by atoms with Crippen molar-refractivity contribution in [2.24, 2.45) is 29.6 Å². The molecule has 4 rings (SSSR count). The predicted molar refractivity (Wildman–Crippen MR) is 267 cm³/mol. The number of likely N-dealkylation sites (N-methyl/N-ethyl adjacent to an activating group) is 1. The van der Waals surface area contributed by atoms with E-state index in [1.54, 1.807) is 72.1 Å². The van der Waals surface area contributed by atoms with Gasteiger partial charge in [0.2, 0.25) is 15.8 Å². The number of amides is 1. The third-order valence-electron chi connectivity index (χ3n) is 15.0. The number of esters is 1. The average molecular weight is 1020 g/mol. The number of aliphatic hydroxyl groups excluding tert-OH is 2. The molecule has 2 heterocycles. The van der Waals surface area contributed by atoms with Crippen LogP contribution in [0, 0.1) is 29.6 Å². The maximum absolute atomic E-state index is 14.1. The van der Waals surface area contributed by atoms with Crippen LogP contribution in [0.5, 0.6) is 0 Å². The van der Waals surface area contributed by atoms with Crippen LogP contribution >= 0.6 is 0 Å². The topological polar surface area (TPSA) is 242 Å². The van der Waals surface area contributed by atoms with Crippen molar-refractivity contribution in [2.45, 2.75) is 193 Å². The molecule has 0 aromatic heterocycles. The first-order valence-electron chi connectivity index (χ1n) is 25.6. The quantitative estimate of drug-likeness (QED) is 0.111. The summed E-state index contributed by atoms with van der Waals surface area (Å²) < 4.78 is 58.8. The molecule has 0 aromatic carbocycles. The van der Waals surface area contributed by atoms with Gasteiger partial charge in [-0.05, 0) is 115 Å². The summed E-state index contributed by atoms with van der Waals surface area (Å²) in [7, 11) is 0.352. The van der Waals surface area contributed by atoms with Gasteiger partial charge in [-0.25, -0.2) is 17.9 Å². The summed E-state index contributed by atoms with van der Waals surface area (Å²) in [6.07, 6.45) is 12.5. The Hall–Kier alpha value is -3.46. The molecule has 2 aliphatic carbocycles. The van der Waals surface area contributed by atoms with Gasteiger partial charge >= 0.3 is 5.97 Å². The van der Waals surface area contributed by atoms with Crippen molar-refractivity contribution in [1.82, 2.24) is 9.62 Å². The second-order valence-corrected chi connectivity index (χ2v) is 22.6. The number of carbonyl (C=O) groups excluding carboxylic acids is 5. The number of rotatable bonds is 12. The molecule has 14 atom stereocenters. The number of carbonyl (C=O) groups is 5. The molecular formula is C53H84N2O15S. The van der Waals surface area contributed by atoms with Gasteiger partial charge in [0.15, 0.2) is 5.78 Å². The summed E-state index contributed by atoms with van der Waals surface area (Å²) in [6, 6.07) is -2.22. The van der Waals surface area contributed by atoms with Crippen molar-refractivity contribution in [3.05, 3.63) is 47.6 Å². The number of nitrogens with one attached hydrogen (secondary N) is 1. The molecule has 3 fully saturated rings. The number of Topliss-reactive ketones (excluding diaryl/α,β-unsaturated/α-hetero) is 3. The predicted octanol–water partition coefficient (Wildman–Crippen LogP) is 5.24. The molecule has 402 valence electrons. The van der Waals surface area contributed by atoms with Crippen molar-refractivity contribution >= 4 is 39.2 Å². The molecule has 2 bridgehead atoms. The Morgan fingerprint density at radius 3 is 2.25 bits per heavy atom. The Balaban J connectivity index is 1.67.